The van der Waals surface area contributed by atoms with Gasteiger partial charge in [-0.1, -0.05) is 16.8 Å². The number of fused-ring (bicyclic) bond motifs is 1. The van der Waals surface area contributed by atoms with Gasteiger partial charge in [0.1, 0.15) is 12.4 Å². The number of amides is 3. The van der Waals surface area contributed by atoms with Crippen LogP contribution in [0.3, 0.4) is 0 Å². The molecule has 1 fully saturated rings. The summed E-state index contributed by atoms with van der Waals surface area (Å²) in [5, 5.41) is 10.7. The Bertz CT molecular complexity index is 1110. The molecule has 30 heavy (non-hydrogen) atoms. The van der Waals surface area contributed by atoms with Crippen molar-refractivity contribution in [2.24, 2.45) is 10.3 Å². The second kappa shape index (κ2) is 7.41. The highest BCUT2D eigenvalue weighted by Gasteiger charge is 2.55. The van der Waals surface area contributed by atoms with E-state index >= 15 is 0 Å². The Balaban J connectivity index is 1.49. The minimum Gasteiger partial charge on any atom is -0.324 e. The molecule has 2 aliphatic rings. The van der Waals surface area contributed by atoms with Gasteiger partial charge in [0.15, 0.2) is 23.7 Å². The molecule has 0 radical (unpaired) electrons. The van der Waals surface area contributed by atoms with Gasteiger partial charge in [0, 0.05) is 11.8 Å². The molecule has 2 atom stereocenters. The van der Waals surface area contributed by atoms with E-state index in [0.717, 1.165) is 29.3 Å². The maximum atomic E-state index is 13.5. The smallest absolute Gasteiger partial charge is 0.263 e. The van der Waals surface area contributed by atoms with E-state index in [1.54, 1.807) is 0 Å². The zero-order chi connectivity index (χ0) is 21.6. The first-order valence-corrected chi connectivity index (χ1v) is 8.89. The fourth-order valence-electron chi connectivity index (χ4n) is 3.15. The molecular weight excluding hydrogens is 427 g/mol. The summed E-state index contributed by atoms with van der Waals surface area (Å²) >= 11 is 5.66. The average Bonchev–Trinajstić information content (AvgIpc) is 3.21. The first-order chi connectivity index (χ1) is 14.3. The normalized spacial score (nSPS) is 20.1. The highest BCUT2D eigenvalue weighted by molar-refractivity contribution is 6.31. The van der Waals surface area contributed by atoms with E-state index < -0.39 is 53.8 Å². The number of hydrogen-bond acceptors (Lipinski definition) is 6. The van der Waals surface area contributed by atoms with E-state index in [-0.39, 0.29) is 16.4 Å². The lowest BCUT2D eigenvalue weighted by Gasteiger charge is -2.20. The molecule has 2 aliphatic heterocycles. The van der Waals surface area contributed by atoms with E-state index in [1.807, 2.05) is 0 Å². The maximum absolute atomic E-state index is 13.5. The lowest BCUT2D eigenvalue weighted by atomic mass is 10.1. The number of halogens is 4. The summed E-state index contributed by atoms with van der Waals surface area (Å²) in [7, 11) is 0. The van der Waals surface area contributed by atoms with Crippen molar-refractivity contribution < 1.29 is 27.6 Å². The maximum Gasteiger partial charge on any atom is 0.263 e. The third-order valence-electron chi connectivity index (χ3n) is 4.53. The average molecular weight is 438 g/mol. The molecule has 0 aromatic heterocycles. The fraction of sp³-hybridized carbons (Fsp3) is 0.167. The molecular formula is C18H11ClF3N5O3. The molecule has 2 aromatic rings. The first-order valence-electron chi connectivity index (χ1n) is 8.51. The number of nitrogens with one attached hydrogen (secondary N) is 1. The summed E-state index contributed by atoms with van der Waals surface area (Å²) in [6, 6.07) is 3.76. The van der Waals surface area contributed by atoms with Gasteiger partial charge in [-0.05, 0) is 30.3 Å². The summed E-state index contributed by atoms with van der Waals surface area (Å²) in [4.78, 5) is 38.3. The minimum atomic E-state index is -1.22. The second-order valence-corrected chi connectivity index (χ2v) is 6.89. The minimum absolute atomic E-state index is 0.154. The molecule has 0 spiro atoms. The lowest BCUT2D eigenvalue weighted by Crippen LogP contribution is -2.43. The summed E-state index contributed by atoms with van der Waals surface area (Å²) in [5.41, 5.74) is 0.0650. The highest BCUT2D eigenvalue weighted by atomic mass is 35.5. The SMILES string of the molecule is O=C(CN1N=N[C@@H]2C(=O)N(c3ccc(F)c(F)c3)C(=O)[C@@H]21)Nc1ccc(F)c(Cl)c1. The van der Waals surface area contributed by atoms with Crippen LogP contribution in [0.15, 0.2) is 46.7 Å². The Morgan fingerprint density at radius 2 is 1.77 bits per heavy atom. The van der Waals surface area contributed by atoms with Gasteiger partial charge < -0.3 is 5.32 Å². The third kappa shape index (κ3) is 3.36. The second-order valence-electron chi connectivity index (χ2n) is 6.48. The Morgan fingerprint density at radius 3 is 2.47 bits per heavy atom. The van der Waals surface area contributed by atoms with Crippen LogP contribution in [0.25, 0.3) is 0 Å². The number of rotatable bonds is 4. The molecule has 2 aromatic carbocycles. The number of hydrogen-bond donors (Lipinski definition) is 1. The topological polar surface area (TPSA) is 94.4 Å². The number of carbonyl (C=O) groups excluding carboxylic acids is 3. The van der Waals surface area contributed by atoms with Crippen molar-refractivity contribution >= 4 is 40.7 Å². The Morgan fingerprint density at radius 1 is 1.03 bits per heavy atom. The largest absolute Gasteiger partial charge is 0.324 e. The standard InChI is InChI=1S/C18H11ClF3N5O3/c19-10-5-8(1-3-11(10)20)23-14(28)7-26-16-15(24-25-26)17(29)27(18(16)30)9-2-4-12(21)13(22)6-9/h1-6,15-16H,7H2,(H,23,28)/t15-,16+/m0/s1. The van der Waals surface area contributed by atoms with Crippen molar-refractivity contribution in [1.29, 1.82) is 0 Å². The van der Waals surface area contributed by atoms with Crippen LogP contribution in [0.2, 0.25) is 5.02 Å². The lowest BCUT2D eigenvalue weighted by molar-refractivity contribution is -0.123. The number of carbonyl (C=O) groups is 3. The van der Waals surface area contributed by atoms with Crippen molar-refractivity contribution in [3.05, 3.63) is 58.9 Å². The van der Waals surface area contributed by atoms with Crippen LogP contribution < -0.4 is 10.2 Å². The van der Waals surface area contributed by atoms with Gasteiger partial charge in [0.25, 0.3) is 11.8 Å². The Hall–Kier alpha value is -3.47. The van der Waals surface area contributed by atoms with Crippen molar-refractivity contribution in [1.82, 2.24) is 5.01 Å². The molecule has 4 rings (SSSR count). The van der Waals surface area contributed by atoms with Crippen LogP contribution in [0.1, 0.15) is 0 Å². The molecule has 12 heteroatoms. The zero-order valence-corrected chi connectivity index (χ0v) is 15.6. The molecule has 1 saturated heterocycles. The van der Waals surface area contributed by atoms with E-state index in [1.165, 1.54) is 12.1 Å². The summed E-state index contributed by atoms with van der Waals surface area (Å²) in [6.07, 6.45) is 0. The zero-order valence-electron chi connectivity index (χ0n) is 14.9. The van der Waals surface area contributed by atoms with Crippen molar-refractivity contribution in [2.45, 2.75) is 12.1 Å². The molecule has 1 N–H and O–H groups in total. The van der Waals surface area contributed by atoms with Crippen LogP contribution >= 0.6 is 11.6 Å². The van der Waals surface area contributed by atoms with Crippen LogP contribution in [0, 0.1) is 17.5 Å². The van der Waals surface area contributed by atoms with Crippen molar-refractivity contribution in [2.75, 3.05) is 16.8 Å². The molecule has 8 nitrogen and oxygen atoms in total. The van der Waals surface area contributed by atoms with Crippen molar-refractivity contribution in [3.8, 4) is 0 Å². The van der Waals surface area contributed by atoms with Gasteiger partial charge >= 0.3 is 0 Å². The van der Waals surface area contributed by atoms with Gasteiger partial charge in [-0.2, -0.15) is 5.11 Å². The van der Waals surface area contributed by atoms with Crippen LogP contribution in [-0.4, -0.2) is 41.4 Å². The molecule has 2 heterocycles. The number of nitrogens with zero attached hydrogens (tertiary/aromatic N) is 4. The van der Waals surface area contributed by atoms with Crippen molar-refractivity contribution in [3.63, 3.8) is 0 Å². The summed E-state index contributed by atoms with van der Waals surface area (Å²) in [5.74, 6) is -5.17. The van der Waals surface area contributed by atoms with Crippen LogP contribution in [-0.2, 0) is 14.4 Å². The van der Waals surface area contributed by atoms with Crippen LogP contribution in [0.4, 0.5) is 24.5 Å². The van der Waals surface area contributed by atoms with E-state index in [0.29, 0.717) is 4.90 Å². The molecule has 0 unspecified atom stereocenters. The number of benzene rings is 2. The predicted molar refractivity (Wildman–Crippen MR) is 98.0 cm³/mol. The summed E-state index contributed by atoms with van der Waals surface area (Å²) in [6.45, 7) is -0.440. The fourth-order valence-corrected chi connectivity index (χ4v) is 3.33. The number of anilines is 2. The molecule has 0 bridgehead atoms. The first kappa shape index (κ1) is 19.8. The Labute approximate surface area is 171 Å². The molecule has 0 saturated carbocycles. The van der Waals surface area contributed by atoms with Gasteiger partial charge in [0.05, 0.1) is 10.7 Å². The monoisotopic (exact) mass is 437 g/mol. The van der Waals surface area contributed by atoms with E-state index in [2.05, 4.69) is 15.7 Å². The molecule has 3 amide bonds. The molecule has 0 aliphatic carbocycles. The van der Waals surface area contributed by atoms with Gasteiger partial charge in [0.2, 0.25) is 5.91 Å². The summed E-state index contributed by atoms with van der Waals surface area (Å²) < 4.78 is 39.9. The molecule has 154 valence electrons. The van der Waals surface area contributed by atoms with Gasteiger partial charge in [-0.15, -0.1) is 0 Å². The Kier molecular flexibility index (Phi) is 4.90. The van der Waals surface area contributed by atoms with Crippen LogP contribution in [0.5, 0.6) is 0 Å². The number of imide groups is 1. The quantitative estimate of drug-likeness (QED) is 0.744. The van der Waals surface area contributed by atoms with Gasteiger partial charge in [-0.25, -0.2) is 18.1 Å². The van der Waals surface area contributed by atoms with E-state index in [4.69, 9.17) is 11.6 Å². The third-order valence-corrected chi connectivity index (χ3v) is 4.82. The predicted octanol–water partition coefficient (Wildman–Crippen LogP) is 2.69. The van der Waals surface area contributed by atoms with Gasteiger partial charge in [-0.3, -0.25) is 19.4 Å². The highest BCUT2D eigenvalue weighted by Crippen LogP contribution is 2.32. The van der Waals surface area contributed by atoms with E-state index in [9.17, 15) is 27.6 Å².